The van der Waals surface area contributed by atoms with Gasteiger partial charge in [-0.1, -0.05) is 17.7 Å². The summed E-state index contributed by atoms with van der Waals surface area (Å²) in [7, 11) is 0.926. The summed E-state index contributed by atoms with van der Waals surface area (Å²) in [6, 6.07) is 5.09. The van der Waals surface area contributed by atoms with Crippen molar-refractivity contribution in [1.82, 2.24) is 5.32 Å². The molecule has 0 saturated heterocycles. The van der Waals surface area contributed by atoms with Crippen LogP contribution >= 0.6 is 34.8 Å². The number of methoxy groups -OCH3 is 1. The van der Waals surface area contributed by atoms with E-state index in [9.17, 15) is 40.3 Å². The second kappa shape index (κ2) is 9.79. The Kier molecular flexibility index (Phi) is 7.65. The number of rotatable bonds is 7. The van der Waals surface area contributed by atoms with Gasteiger partial charge in [0.2, 0.25) is 5.91 Å². The summed E-state index contributed by atoms with van der Waals surface area (Å²) in [6.07, 6.45) is -5.93. The number of ether oxygens (including phenoxy) is 1. The number of carbonyl (C=O) groups excluding carboxylic acids is 2. The second-order valence-electron chi connectivity index (χ2n) is 7.72. The van der Waals surface area contributed by atoms with Gasteiger partial charge >= 0.3 is 12.1 Å². The minimum Gasteiger partial charge on any atom is -0.493 e. The summed E-state index contributed by atoms with van der Waals surface area (Å²) in [5, 5.41) is 3.37. The molecular weight excluding hydrogens is 568 g/mol. The van der Waals surface area contributed by atoms with Gasteiger partial charge in [0.1, 0.15) is 10.2 Å². The number of nitrogens with one attached hydrogen (secondary N) is 2. The number of amides is 2. The van der Waals surface area contributed by atoms with Crippen molar-refractivity contribution in [2.24, 2.45) is 5.92 Å². The predicted octanol–water partition coefficient (Wildman–Crippen LogP) is 6.08. The van der Waals surface area contributed by atoms with Crippen LogP contribution in [0.2, 0.25) is 5.02 Å². The minimum atomic E-state index is -5.93. The van der Waals surface area contributed by atoms with Gasteiger partial charge in [-0.05, 0) is 23.8 Å². The Hall–Kier alpha value is -2.44. The molecule has 2 atom stereocenters. The fourth-order valence-electron chi connectivity index (χ4n) is 3.42. The lowest BCUT2D eigenvalue weighted by atomic mass is 10.1. The van der Waals surface area contributed by atoms with Crippen molar-refractivity contribution in [1.29, 1.82) is 0 Å². The number of alkyl halides is 7. The lowest BCUT2D eigenvalue weighted by Gasteiger charge is -2.20. The molecule has 5 nitrogen and oxygen atoms in total. The van der Waals surface area contributed by atoms with E-state index in [0.29, 0.717) is 11.6 Å². The van der Waals surface area contributed by atoms with Crippen molar-refractivity contribution in [2.45, 2.75) is 22.4 Å². The van der Waals surface area contributed by atoms with Gasteiger partial charge in [0.05, 0.1) is 30.2 Å². The fourth-order valence-corrected chi connectivity index (χ4v) is 4.44. The van der Waals surface area contributed by atoms with Crippen LogP contribution in [0.5, 0.6) is 5.75 Å². The van der Waals surface area contributed by atoms with Crippen LogP contribution in [0, 0.1) is 17.6 Å². The summed E-state index contributed by atoms with van der Waals surface area (Å²) in [5.41, 5.74) is -0.817. The monoisotopic (exact) mass is 580 g/mol. The van der Waals surface area contributed by atoms with E-state index < -0.39 is 69.6 Å². The quantitative estimate of drug-likeness (QED) is 0.308. The molecule has 0 unspecified atom stereocenters. The molecule has 2 amide bonds. The Labute approximate surface area is 213 Å². The van der Waals surface area contributed by atoms with Gasteiger partial charge in [-0.25, -0.2) is 8.78 Å². The highest BCUT2D eigenvalue weighted by Gasteiger charge is 2.67. The average Bonchev–Trinajstić information content (AvgIpc) is 3.34. The van der Waals surface area contributed by atoms with Crippen LogP contribution < -0.4 is 15.4 Å². The van der Waals surface area contributed by atoms with Gasteiger partial charge < -0.3 is 15.4 Å². The number of benzene rings is 2. The lowest BCUT2D eigenvalue weighted by Crippen LogP contribution is -2.46. The fraction of sp³-hybridized carbons (Fsp3) is 0.333. The minimum absolute atomic E-state index is 0.244. The van der Waals surface area contributed by atoms with Crippen LogP contribution in [0.15, 0.2) is 30.3 Å². The van der Waals surface area contributed by atoms with E-state index in [-0.39, 0.29) is 10.7 Å². The largest absolute Gasteiger partial charge is 0.493 e. The Morgan fingerprint density at radius 2 is 1.69 bits per heavy atom. The molecule has 1 aliphatic carbocycles. The third kappa shape index (κ3) is 5.45. The van der Waals surface area contributed by atoms with Crippen LogP contribution in [0.1, 0.15) is 21.8 Å². The first-order valence-electron chi connectivity index (χ1n) is 9.75. The molecule has 0 radical (unpaired) electrons. The maximum Gasteiger partial charge on any atom is 0.455 e. The zero-order valence-corrected chi connectivity index (χ0v) is 20.0. The van der Waals surface area contributed by atoms with Crippen molar-refractivity contribution >= 4 is 52.3 Å². The van der Waals surface area contributed by atoms with E-state index in [2.05, 4.69) is 5.32 Å². The summed E-state index contributed by atoms with van der Waals surface area (Å²) in [4.78, 5) is 25.1. The zero-order chi connectivity index (χ0) is 27.2. The smallest absolute Gasteiger partial charge is 0.455 e. The van der Waals surface area contributed by atoms with E-state index >= 15 is 0 Å². The predicted molar refractivity (Wildman–Crippen MR) is 117 cm³/mol. The molecule has 2 aromatic rings. The van der Waals surface area contributed by atoms with E-state index in [1.165, 1.54) is 17.4 Å². The highest BCUT2D eigenvalue weighted by atomic mass is 35.5. The molecule has 0 spiro atoms. The third-order valence-electron chi connectivity index (χ3n) is 5.28. The van der Waals surface area contributed by atoms with Crippen molar-refractivity contribution in [3.8, 4) is 5.75 Å². The molecule has 0 aliphatic heterocycles. The molecule has 2 N–H and O–H groups in total. The molecule has 0 heterocycles. The highest BCUT2D eigenvalue weighted by molar-refractivity contribution is 6.53. The van der Waals surface area contributed by atoms with Crippen LogP contribution in [-0.2, 0) is 4.79 Å². The lowest BCUT2D eigenvalue weighted by molar-refractivity contribution is -0.278. The number of hydrogen-bond acceptors (Lipinski definition) is 3. The normalized spacial score (nSPS) is 19.0. The maximum absolute atomic E-state index is 14.5. The van der Waals surface area contributed by atoms with Crippen molar-refractivity contribution < 1.29 is 45.1 Å². The van der Waals surface area contributed by atoms with Crippen LogP contribution in [-0.4, -0.2) is 41.9 Å². The third-order valence-corrected chi connectivity index (χ3v) is 6.51. The summed E-state index contributed by atoms with van der Waals surface area (Å²) in [6.45, 7) is -2.12. The van der Waals surface area contributed by atoms with E-state index in [0.717, 1.165) is 19.2 Å². The standard InChI is InChI=1S/C21H14Cl3F7N2O3/c1-36-16-10(17(34)32-7-19(27,28)21(29,30)31)5-9(6-13(16)26)33-18(35)15-14(20(15,23)24)8-2-3-12(25)11(22)4-8/h2-6,14-15H,7H2,1H3,(H,32,34)(H,33,35)/t14-,15+/m0/s1. The van der Waals surface area contributed by atoms with Crippen LogP contribution in [0.25, 0.3) is 0 Å². The number of carbonyl (C=O) groups is 2. The van der Waals surface area contributed by atoms with Gasteiger partial charge in [0.25, 0.3) is 5.91 Å². The summed E-state index contributed by atoms with van der Waals surface area (Å²) in [5.74, 6) is -12.3. The Bertz CT molecular complexity index is 1210. The van der Waals surface area contributed by atoms with Gasteiger partial charge in [-0.3, -0.25) is 9.59 Å². The van der Waals surface area contributed by atoms with Gasteiger partial charge in [-0.15, -0.1) is 23.2 Å². The van der Waals surface area contributed by atoms with Gasteiger partial charge in [0, 0.05) is 17.7 Å². The molecule has 15 heteroatoms. The van der Waals surface area contributed by atoms with E-state index in [4.69, 9.17) is 39.5 Å². The number of hydrogen-bond donors (Lipinski definition) is 2. The SMILES string of the molecule is COc1c(F)cc(NC(=O)[C@H]2[C@H](c3ccc(F)c(Cl)c3)C2(Cl)Cl)cc1C(=O)NCC(F)(F)C(F)(F)F. The first-order chi connectivity index (χ1) is 16.5. The molecule has 1 aliphatic rings. The average molecular weight is 582 g/mol. The Morgan fingerprint density at radius 1 is 1.06 bits per heavy atom. The molecule has 1 saturated carbocycles. The molecule has 2 aromatic carbocycles. The Balaban J connectivity index is 1.82. The Morgan fingerprint density at radius 3 is 2.25 bits per heavy atom. The zero-order valence-electron chi connectivity index (χ0n) is 17.8. The van der Waals surface area contributed by atoms with E-state index in [1.807, 2.05) is 0 Å². The highest BCUT2D eigenvalue weighted by Crippen LogP contribution is 2.65. The van der Waals surface area contributed by atoms with Crippen LogP contribution in [0.4, 0.5) is 36.4 Å². The molecule has 0 aromatic heterocycles. The first kappa shape index (κ1) is 28.1. The van der Waals surface area contributed by atoms with Gasteiger partial charge in [0.15, 0.2) is 11.6 Å². The summed E-state index contributed by atoms with van der Waals surface area (Å²) >= 11 is 18.1. The number of anilines is 1. The topological polar surface area (TPSA) is 67.4 Å². The molecule has 0 bridgehead atoms. The molecule has 196 valence electrons. The van der Waals surface area contributed by atoms with Crippen LogP contribution in [0.3, 0.4) is 0 Å². The maximum atomic E-state index is 14.5. The molecule has 36 heavy (non-hydrogen) atoms. The molecule has 1 fully saturated rings. The summed E-state index contributed by atoms with van der Waals surface area (Å²) < 4.78 is 94.4. The first-order valence-corrected chi connectivity index (χ1v) is 10.9. The van der Waals surface area contributed by atoms with E-state index in [1.54, 1.807) is 0 Å². The van der Waals surface area contributed by atoms with Crippen molar-refractivity contribution in [3.63, 3.8) is 0 Å². The van der Waals surface area contributed by atoms with Crippen molar-refractivity contribution in [2.75, 3.05) is 19.0 Å². The van der Waals surface area contributed by atoms with Crippen molar-refractivity contribution in [3.05, 3.63) is 58.1 Å². The van der Waals surface area contributed by atoms with Gasteiger partial charge in [-0.2, -0.15) is 22.0 Å². The molecule has 3 rings (SSSR count). The molecular formula is C21H14Cl3F7N2O3. The second-order valence-corrected chi connectivity index (χ2v) is 9.57. The number of halogens is 10.